The summed E-state index contributed by atoms with van der Waals surface area (Å²) in [6.07, 6.45) is 2.68. The van der Waals surface area contributed by atoms with Gasteiger partial charge in [-0.25, -0.2) is 0 Å². The maximum atomic E-state index is 12.2. The summed E-state index contributed by atoms with van der Waals surface area (Å²) >= 11 is 0. The van der Waals surface area contributed by atoms with Crippen molar-refractivity contribution in [1.82, 2.24) is 0 Å². The third-order valence-corrected chi connectivity index (χ3v) is 3.76. The highest BCUT2D eigenvalue weighted by molar-refractivity contribution is 6.12. The van der Waals surface area contributed by atoms with Crippen molar-refractivity contribution in [2.45, 2.75) is 6.92 Å². The van der Waals surface area contributed by atoms with E-state index in [0.29, 0.717) is 11.1 Å². The van der Waals surface area contributed by atoms with Crippen molar-refractivity contribution in [2.75, 3.05) is 0 Å². The van der Waals surface area contributed by atoms with Crippen molar-refractivity contribution in [2.24, 2.45) is 0 Å². The lowest BCUT2D eigenvalue weighted by Gasteiger charge is -2.00. The zero-order chi connectivity index (χ0) is 16.2. The number of rotatable bonds is 4. The molecule has 0 aromatic heterocycles. The maximum Gasteiger partial charge on any atom is 0.185 e. The molecule has 3 aromatic rings. The number of benzene rings is 3. The first-order valence-electron chi connectivity index (χ1n) is 7.46. The largest absolute Gasteiger partial charge is 0.289 e. The van der Waals surface area contributed by atoms with Crippen LogP contribution in [0.4, 0.5) is 0 Å². The van der Waals surface area contributed by atoms with E-state index in [-0.39, 0.29) is 11.6 Å². The summed E-state index contributed by atoms with van der Waals surface area (Å²) in [6.45, 7) is 1.97. The normalized spacial score (nSPS) is 11.0. The summed E-state index contributed by atoms with van der Waals surface area (Å²) in [6, 6.07) is 20.7. The van der Waals surface area contributed by atoms with Crippen LogP contribution in [0.2, 0.25) is 0 Å². The number of carbonyl (C=O) groups excluding carboxylic acids is 2. The molecule has 112 valence electrons. The Hall–Kier alpha value is -3.00. The Morgan fingerprint density at radius 3 is 1.96 bits per heavy atom. The van der Waals surface area contributed by atoms with Gasteiger partial charge in [-0.1, -0.05) is 66.2 Å². The van der Waals surface area contributed by atoms with Crippen LogP contribution in [0.25, 0.3) is 10.8 Å². The van der Waals surface area contributed by atoms with E-state index in [0.717, 1.165) is 16.3 Å². The van der Waals surface area contributed by atoms with Crippen LogP contribution >= 0.6 is 0 Å². The van der Waals surface area contributed by atoms with E-state index in [1.54, 1.807) is 18.2 Å². The van der Waals surface area contributed by atoms with Gasteiger partial charge in [0.1, 0.15) is 0 Å². The second kappa shape index (κ2) is 6.41. The van der Waals surface area contributed by atoms with E-state index in [2.05, 4.69) is 0 Å². The molecular weight excluding hydrogens is 284 g/mol. The molecule has 0 heterocycles. The standard InChI is InChI=1S/C21H16O2/c1-15-6-8-17(9-7-15)20(22)12-13-21(23)19-11-10-16-4-2-3-5-18(16)14-19/h2-14H,1H3. The topological polar surface area (TPSA) is 34.1 Å². The second-order valence-electron chi connectivity index (χ2n) is 5.49. The van der Waals surface area contributed by atoms with Gasteiger partial charge < -0.3 is 0 Å². The van der Waals surface area contributed by atoms with E-state index in [4.69, 9.17) is 0 Å². The lowest BCUT2D eigenvalue weighted by molar-refractivity contribution is 0.102. The summed E-state index contributed by atoms with van der Waals surface area (Å²) < 4.78 is 0. The third-order valence-electron chi connectivity index (χ3n) is 3.76. The van der Waals surface area contributed by atoms with Crippen molar-refractivity contribution in [1.29, 1.82) is 0 Å². The highest BCUT2D eigenvalue weighted by Gasteiger charge is 2.05. The first kappa shape index (κ1) is 14.9. The molecule has 3 rings (SSSR count). The van der Waals surface area contributed by atoms with Gasteiger partial charge in [0.2, 0.25) is 0 Å². The molecule has 0 unspecified atom stereocenters. The van der Waals surface area contributed by atoms with Crippen molar-refractivity contribution < 1.29 is 9.59 Å². The van der Waals surface area contributed by atoms with Crippen molar-refractivity contribution in [3.63, 3.8) is 0 Å². The number of carbonyl (C=O) groups is 2. The number of fused-ring (bicyclic) bond motifs is 1. The molecule has 0 amide bonds. The maximum absolute atomic E-state index is 12.2. The number of allylic oxidation sites excluding steroid dienone is 2. The quantitative estimate of drug-likeness (QED) is 0.514. The van der Waals surface area contributed by atoms with Crippen LogP contribution in [0, 0.1) is 6.92 Å². The molecule has 0 atom stereocenters. The predicted molar refractivity (Wildman–Crippen MR) is 92.9 cm³/mol. The van der Waals surface area contributed by atoms with Gasteiger partial charge in [-0.15, -0.1) is 0 Å². The van der Waals surface area contributed by atoms with E-state index in [1.807, 2.05) is 55.5 Å². The van der Waals surface area contributed by atoms with Crippen molar-refractivity contribution >= 4 is 22.3 Å². The summed E-state index contributed by atoms with van der Waals surface area (Å²) in [4.78, 5) is 24.3. The fraction of sp³-hybridized carbons (Fsp3) is 0.0476. The average molecular weight is 300 g/mol. The van der Waals surface area contributed by atoms with E-state index >= 15 is 0 Å². The van der Waals surface area contributed by atoms with Crippen LogP contribution in [0.3, 0.4) is 0 Å². The summed E-state index contributed by atoms with van der Waals surface area (Å²) in [7, 11) is 0. The van der Waals surface area contributed by atoms with Crippen LogP contribution < -0.4 is 0 Å². The minimum atomic E-state index is -0.170. The zero-order valence-electron chi connectivity index (χ0n) is 12.8. The molecule has 0 spiro atoms. The van der Waals surface area contributed by atoms with E-state index in [1.165, 1.54) is 12.2 Å². The molecule has 23 heavy (non-hydrogen) atoms. The lowest BCUT2D eigenvalue weighted by atomic mass is 10.0. The molecule has 2 nitrogen and oxygen atoms in total. The van der Waals surface area contributed by atoms with Gasteiger partial charge in [0.25, 0.3) is 0 Å². The van der Waals surface area contributed by atoms with Crippen molar-refractivity contribution in [3.8, 4) is 0 Å². The SMILES string of the molecule is Cc1ccc(C(=O)C=CC(=O)c2ccc3ccccc3c2)cc1. The minimum Gasteiger partial charge on any atom is -0.289 e. The predicted octanol–water partition coefficient (Wildman–Crippen LogP) is 4.77. The molecule has 0 aliphatic heterocycles. The fourth-order valence-corrected chi connectivity index (χ4v) is 2.40. The van der Waals surface area contributed by atoms with Gasteiger partial charge in [-0.3, -0.25) is 9.59 Å². The molecule has 0 aliphatic rings. The van der Waals surface area contributed by atoms with Crippen LogP contribution in [-0.4, -0.2) is 11.6 Å². The van der Waals surface area contributed by atoms with Gasteiger partial charge in [-0.2, -0.15) is 0 Å². The zero-order valence-corrected chi connectivity index (χ0v) is 12.8. The average Bonchev–Trinajstić information content (AvgIpc) is 2.59. The Kier molecular flexibility index (Phi) is 4.15. The monoisotopic (exact) mass is 300 g/mol. The Morgan fingerprint density at radius 2 is 1.26 bits per heavy atom. The third kappa shape index (κ3) is 3.43. The number of ketones is 2. The van der Waals surface area contributed by atoms with Crippen LogP contribution in [0.5, 0.6) is 0 Å². The smallest absolute Gasteiger partial charge is 0.185 e. The second-order valence-corrected chi connectivity index (χ2v) is 5.49. The van der Waals surface area contributed by atoms with Crippen LogP contribution in [0.15, 0.2) is 78.9 Å². The van der Waals surface area contributed by atoms with Gasteiger partial charge in [0.05, 0.1) is 0 Å². The molecule has 0 saturated carbocycles. The Balaban J connectivity index is 1.79. The van der Waals surface area contributed by atoms with Gasteiger partial charge in [0.15, 0.2) is 11.6 Å². The highest BCUT2D eigenvalue weighted by atomic mass is 16.1. The van der Waals surface area contributed by atoms with E-state index in [9.17, 15) is 9.59 Å². The Morgan fingerprint density at radius 1 is 0.696 bits per heavy atom. The highest BCUT2D eigenvalue weighted by Crippen LogP contribution is 2.16. The van der Waals surface area contributed by atoms with Gasteiger partial charge in [0, 0.05) is 11.1 Å². The summed E-state index contributed by atoms with van der Waals surface area (Å²) in [5.41, 5.74) is 2.26. The number of hydrogen-bond donors (Lipinski definition) is 0. The summed E-state index contributed by atoms with van der Waals surface area (Å²) in [5.74, 6) is -0.338. The molecule has 0 radical (unpaired) electrons. The van der Waals surface area contributed by atoms with E-state index < -0.39 is 0 Å². The lowest BCUT2D eigenvalue weighted by Crippen LogP contribution is -1.98. The molecule has 0 aliphatic carbocycles. The number of hydrogen-bond acceptors (Lipinski definition) is 2. The molecule has 0 N–H and O–H groups in total. The molecule has 0 bridgehead atoms. The molecular formula is C21H16O2. The molecule has 0 fully saturated rings. The Labute approximate surface area is 135 Å². The van der Waals surface area contributed by atoms with Crippen LogP contribution in [0.1, 0.15) is 26.3 Å². The first-order chi connectivity index (χ1) is 11.1. The molecule has 2 heteroatoms. The minimum absolute atomic E-state index is 0.167. The molecule has 0 saturated heterocycles. The fourth-order valence-electron chi connectivity index (χ4n) is 2.40. The Bertz CT molecular complexity index is 903. The van der Waals surface area contributed by atoms with Gasteiger partial charge >= 0.3 is 0 Å². The molecule has 3 aromatic carbocycles. The van der Waals surface area contributed by atoms with Crippen LogP contribution in [-0.2, 0) is 0 Å². The number of aryl methyl sites for hydroxylation is 1. The first-order valence-corrected chi connectivity index (χ1v) is 7.46. The summed E-state index contributed by atoms with van der Waals surface area (Å²) in [5, 5.41) is 2.10. The van der Waals surface area contributed by atoms with Gasteiger partial charge in [-0.05, 0) is 35.9 Å². The van der Waals surface area contributed by atoms with Crippen molar-refractivity contribution in [3.05, 3.63) is 95.6 Å².